The fourth-order valence-corrected chi connectivity index (χ4v) is 2.62. The van der Waals surface area contributed by atoms with Crippen molar-refractivity contribution in [3.8, 4) is 5.75 Å². The first-order valence-electron chi connectivity index (χ1n) is 9.49. The number of hydrogen-bond donors (Lipinski definition) is 2. The van der Waals surface area contributed by atoms with Gasteiger partial charge in [-0.05, 0) is 71.6 Å². The number of rotatable bonds is 6. The van der Waals surface area contributed by atoms with Gasteiger partial charge in [0, 0.05) is 6.54 Å². The summed E-state index contributed by atoms with van der Waals surface area (Å²) < 4.78 is 22.7. The molecule has 1 aromatic carbocycles. The summed E-state index contributed by atoms with van der Waals surface area (Å²) in [4.78, 5) is 22.8. The van der Waals surface area contributed by atoms with Gasteiger partial charge in [0.05, 0.1) is 11.2 Å². The molecule has 1 aliphatic rings. The lowest BCUT2D eigenvalue weighted by atomic mass is 9.78. The summed E-state index contributed by atoms with van der Waals surface area (Å²) >= 11 is 0. The average molecular weight is 407 g/mol. The van der Waals surface area contributed by atoms with Crippen LogP contribution in [0.15, 0.2) is 18.2 Å². The Hall–Kier alpha value is -2.26. The van der Waals surface area contributed by atoms with Crippen molar-refractivity contribution in [2.75, 3.05) is 6.61 Å². The van der Waals surface area contributed by atoms with Crippen molar-refractivity contribution in [2.24, 2.45) is 0 Å². The molecule has 0 bridgehead atoms. The first kappa shape index (κ1) is 23.0. The van der Waals surface area contributed by atoms with Crippen LogP contribution < -0.4 is 15.5 Å². The molecule has 0 saturated carbocycles. The Kier molecular flexibility index (Phi) is 6.54. The molecule has 0 aliphatic carbocycles. The summed E-state index contributed by atoms with van der Waals surface area (Å²) in [6, 6.07) is 5.17. The molecule has 1 fully saturated rings. The van der Waals surface area contributed by atoms with Crippen LogP contribution in [0.1, 0.15) is 54.0 Å². The quantitative estimate of drug-likeness (QED) is 0.699. The molecular formula is C20H30BNO7. The van der Waals surface area contributed by atoms with Gasteiger partial charge >= 0.3 is 19.2 Å². The third-order valence-corrected chi connectivity index (χ3v) is 4.71. The van der Waals surface area contributed by atoms with E-state index in [9.17, 15) is 9.59 Å². The molecule has 1 aromatic rings. The number of carbonyl (C=O) groups excluding carboxylic acids is 1. The van der Waals surface area contributed by atoms with Crippen LogP contribution in [0, 0.1) is 0 Å². The van der Waals surface area contributed by atoms with Gasteiger partial charge in [-0.3, -0.25) is 0 Å². The minimum absolute atomic E-state index is 0.172. The molecule has 0 atom stereocenters. The van der Waals surface area contributed by atoms with E-state index in [4.69, 9.17) is 23.9 Å². The summed E-state index contributed by atoms with van der Waals surface area (Å²) in [5.41, 5.74) is -0.282. The summed E-state index contributed by atoms with van der Waals surface area (Å²) in [7, 11) is -0.645. The van der Waals surface area contributed by atoms with Crippen molar-refractivity contribution in [3.63, 3.8) is 0 Å². The highest BCUT2D eigenvalue weighted by atomic mass is 16.7. The molecule has 1 amide bonds. The standard InChI is InChI=1S/C20H30BNO7/c1-18(2,3)27-17(25)22-11-13-8-14(10-15(9-13)26-12-16(23)24)21-28-19(4,5)20(6,7)29-21/h8-10H,11-12H2,1-7H3,(H,22,25)(H,23,24). The summed E-state index contributed by atoms with van der Waals surface area (Å²) in [5.74, 6) is -0.736. The predicted molar refractivity (Wildman–Crippen MR) is 108 cm³/mol. The molecule has 0 spiro atoms. The maximum Gasteiger partial charge on any atom is 0.494 e. The van der Waals surface area contributed by atoms with Gasteiger partial charge in [0.15, 0.2) is 6.61 Å². The second kappa shape index (κ2) is 8.24. The molecule has 2 N–H and O–H groups in total. The van der Waals surface area contributed by atoms with Crippen LogP contribution in [0.4, 0.5) is 4.79 Å². The van der Waals surface area contributed by atoms with Crippen LogP contribution in [0.3, 0.4) is 0 Å². The number of nitrogens with one attached hydrogen (secondary N) is 1. The second-order valence-corrected chi connectivity index (χ2v) is 9.04. The van der Waals surface area contributed by atoms with Crippen molar-refractivity contribution in [2.45, 2.75) is 71.8 Å². The van der Waals surface area contributed by atoms with Crippen molar-refractivity contribution < 1.29 is 33.5 Å². The molecule has 1 heterocycles. The van der Waals surface area contributed by atoms with E-state index in [0.717, 1.165) is 0 Å². The van der Waals surface area contributed by atoms with Crippen molar-refractivity contribution >= 4 is 24.6 Å². The third kappa shape index (κ3) is 6.37. The van der Waals surface area contributed by atoms with Gasteiger partial charge in [-0.1, -0.05) is 6.07 Å². The summed E-state index contributed by atoms with van der Waals surface area (Å²) in [6.45, 7) is 12.8. The Labute approximate surface area is 172 Å². The number of alkyl carbamates (subject to hydrolysis) is 1. The lowest BCUT2D eigenvalue weighted by Gasteiger charge is -2.32. The van der Waals surface area contributed by atoms with Gasteiger partial charge in [-0.2, -0.15) is 0 Å². The van der Waals surface area contributed by atoms with E-state index in [2.05, 4.69) is 5.32 Å². The van der Waals surface area contributed by atoms with Crippen LogP contribution in [-0.4, -0.2) is 47.7 Å². The molecule has 2 rings (SSSR count). The van der Waals surface area contributed by atoms with Gasteiger partial charge < -0.3 is 29.2 Å². The Bertz CT molecular complexity index is 755. The zero-order valence-electron chi connectivity index (χ0n) is 18.1. The number of aliphatic carboxylic acids is 1. The summed E-state index contributed by atoms with van der Waals surface area (Å²) in [5, 5.41) is 11.6. The number of benzene rings is 1. The number of ether oxygens (including phenoxy) is 2. The number of carbonyl (C=O) groups is 2. The molecule has 9 heteroatoms. The molecule has 0 unspecified atom stereocenters. The predicted octanol–water partition coefficient (Wildman–Crippen LogP) is 2.47. The topological polar surface area (TPSA) is 103 Å². The van der Waals surface area contributed by atoms with Crippen LogP contribution in [0.25, 0.3) is 0 Å². The van der Waals surface area contributed by atoms with Gasteiger partial charge in [0.1, 0.15) is 11.4 Å². The monoisotopic (exact) mass is 407 g/mol. The molecule has 1 aliphatic heterocycles. The number of amides is 1. The SMILES string of the molecule is CC(C)(C)OC(=O)NCc1cc(OCC(=O)O)cc(B2OC(C)(C)C(C)(C)O2)c1. The van der Waals surface area contributed by atoms with E-state index in [0.29, 0.717) is 16.8 Å². The highest BCUT2D eigenvalue weighted by Crippen LogP contribution is 2.36. The van der Waals surface area contributed by atoms with Gasteiger partial charge in [-0.25, -0.2) is 9.59 Å². The smallest absolute Gasteiger partial charge is 0.482 e. The maximum atomic E-state index is 12.0. The minimum atomic E-state index is -1.08. The lowest BCUT2D eigenvalue weighted by Crippen LogP contribution is -2.41. The molecule has 1 saturated heterocycles. The van der Waals surface area contributed by atoms with E-state index in [-0.39, 0.29) is 6.54 Å². The normalized spacial score (nSPS) is 17.7. The van der Waals surface area contributed by atoms with Crippen molar-refractivity contribution in [1.29, 1.82) is 0 Å². The van der Waals surface area contributed by atoms with E-state index in [1.165, 1.54) is 0 Å². The highest BCUT2D eigenvalue weighted by Gasteiger charge is 2.51. The molecule has 8 nitrogen and oxygen atoms in total. The highest BCUT2D eigenvalue weighted by molar-refractivity contribution is 6.62. The van der Waals surface area contributed by atoms with Crippen LogP contribution in [0.5, 0.6) is 5.75 Å². The average Bonchev–Trinajstić information content (AvgIpc) is 2.77. The van der Waals surface area contributed by atoms with Crippen LogP contribution in [-0.2, 0) is 25.4 Å². The fourth-order valence-electron chi connectivity index (χ4n) is 2.62. The second-order valence-electron chi connectivity index (χ2n) is 9.04. The van der Waals surface area contributed by atoms with E-state index in [1.807, 2.05) is 33.8 Å². The third-order valence-electron chi connectivity index (χ3n) is 4.71. The van der Waals surface area contributed by atoms with E-state index >= 15 is 0 Å². The van der Waals surface area contributed by atoms with Gasteiger partial charge in [0.2, 0.25) is 0 Å². The molecule has 0 radical (unpaired) electrons. The number of hydrogen-bond acceptors (Lipinski definition) is 6. The first-order valence-corrected chi connectivity index (χ1v) is 9.49. The molecule has 29 heavy (non-hydrogen) atoms. The molecular weight excluding hydrogens is 377 g/mol. The van der Waals surface area contributed by atoms with Crippen LogP contribution in [0.2, 0.25) is 0 Å². The maximum absolute atomic E-state index is 12.0. The molecule has 160 valence electrons. The van der Waals surface area contributed by atoms with Crippen LogP contribution >= 0.6 is 0 Å². The molecule has 0 aromatic heterocycles. The van der Waals surface area contributed by atoms with Gasteiger partial charge in [-0.15, -0.1) is 0 Å². The zero-order chi connectivity index (χ0) is 22.0. The fraction of sp³-hybridized carbons (Fsp3) is 0.600. The lowest BCUT2D eigenvalue weighted by molar-refractivity contribution is -0.139. The largest absolute Gasteiger partial charge is 0.494 e. The Morgan fingerprint density at radius 1 is 1.10 bits per heavy atom. The minimum Gasteiger partial charge on any atom is -0.482 e. The Morgan fingerprint density at radius 3 is 2.21 bits per heavy atom. The number of carboxylic acid groups (broad SMARTS) is 1. The van der Waals surface area contributed by atoms with Gasteiger partial charge in [0.25, 0.3) is 0 Å². The zero-order valence-corrected chi connectivity index (χ0v) is 18.1. The summed E-state index contributed by atoms with van der Waals surface area (Å²) in [6.07, 6.45) is -0.549. The van der Waals surface area contributed by atoms with Crippen molar-refractivity contribution in [3.05, 3.63) is 23.8 Å². The number of carboxylic acids is 1. The van der Waals surface area contributed by atoms with E-state index in [1.54, 1.807) is 32.9 Å². The van der Waals surface area contributed by atoms with Crippen molar-refractivity contribution in [1.82, 2.24) is 5.32 Å². The van der Waals surface area contributed by atoms with E-state index < -0.39 is 42.6 Å². The Balaban J connectivity index is 2.22. The Morgan fingerprint density at radius 2 is 1.69 bits per heavy atom. The first-order chi connectivity index (χ1) is 13.2.